The van der Waals surface area contributed by atoms with Gasteiger partial charge < -0.3 is 19.7 Å². The maximum absolute atomic E-state index is 13.2. The van der Waals surface area contributed by atoms with Crippen molar-refractivity contribution in [3.05, 3.63) is 92.9 Å². The number of para-hydroxylation sites is 1. The van der Waals surface area contributed by atoms with Gasteiger partial charge in [0.2, 0.25) is 5.91 Å². The van der Waals surface area contributed by atoms with Gasteiger partial charge in [0.05, 0.1) is 12.1 Å². The van der Waals surface area contributed by atoms with Gasteiger partial charge in [-0.1, -0.05) is 65.1 Å². The van der Waals surface area contributed by atoms with Crippen LogP contribution in [-0.2, 0) is 22.7 Å². The molecule has 3 rings (SSSR count). The van der Waals surface area contributed by atoms with Crippen molar-refractivity contribution in [1.29, 1.82) is 0 Å². The molecule has 1 atom stereocenters. The van der Waals surface area contributed by atoms with E-state index in [9.17, 15) is 9.59 Å². The van der Waals surface area contributed by atoms with Crippen LogP contribution < -0.4 is 14.8 Å². The number of nitrogens with one attached hydrogen (secondary N) is 1. The molecule has 0 unspecified atom stereocenters. The number of amides is 2. The minimum atomic E-state index is -0.787. The molecule has 0 aliphatic rings. The second kappa shape index (κ2) is 12.7. The Bertz CT molecular complexity index is 1170. The summed E-state index contributed by atoms with van der Waals surface area (Å²) in [7, 11) is 1.58. The predicted octanol–water partition coefficient (Wildman–Crippen LogP) is 5.77. The third-order valence-electron chi connectivity index (χ3n) is 5.34. The van der Waals surface area contributed by atoms with Gasteiger partial charge in [0.25, 0.3) is 5.91 Å². The van der Waals surface area contributed by atoms with Gasteiger partial charge in [-0.05, 0) is 54.4 Å². The van der Waals surface area contributed by atoms with E-state index < -0.39 is 6.04 Å². The normalized spacial score (nSPS) is 11.5. The maximum atomic E-state index is 13.2. The minimum absolute atomic E-state index is 0.194. The molecule has 9 heteroatoms. The van der Waals surface area contributed by atoms with Crippen LogP contribution in [0.4, 0.5) is 0 Å². The molecule has 0 spiro atoms. The zero-order chi connectivity index (χ0) is 25.4. The Kier molecular flexibility index (Phi) is 9.66. The lowest BCUT2D eigenvalue weighted by atomic mass is 10.1. The number of nitrogens with zero attached hydrogens (tertiary/aromatic N) is 1. The van der Waals surface area contributed by atoms with E-state index in [1.54, 1.807) is 68.6 Å². The van der Waals surface area contributed by atoms with Gasteiger partial charge in [0, 0.05) is 23.1 Å². The van der Waals surface area contributed by atoms with Crippen molar-refractivity contribution in [3.8, 4) is 11.5 Å². The molecule has 0 heterocycles. The van der Waals surface area contributed by atoms with Crippen molar-refractivity contribution in [2.45, 2.75) is 26.1 Å². The van der Waals surface area contributed by atoms with Crippen LogP contribution in [0.3, 0.4) is 0 Å². The molecule has 3 aromatic carbocycles. The first-order valence-corrected chi connectivity index (χ1v) is 11.9. The van der Waals surface area contributed by atoms with E-state index in [2.05, 4.69) is 5.32 Å². The monoisotopic (exact) mass is 534 g/mol. The van der Waals surface area contributed by atoms with Crippen LogP contribution in [0, 0.1) is 0 Å². The first-order chi connectivity index (χ1) is 16.8. The number of hydrogen-bond donors (Lipinski definition) is 1. The summed E-state index contributed by atoms with van der Waals surface area (Å²) in [6.07, 6.45) is 0. The topological polar surface area (TPSA) is 67.9 Å². The smallest absolute Gasteiger partial charge is 0.261 e. The van der Waals surface area contributed by atoms with Crippen LogP contribution in [0.5, 0.6) is 11.5 Å². The van der Waals surface area contributed by atoms with Crippen molar-refractivity contribution in [2.24, 2.45) is 0 Å². The van der Waals surface area contributed by atoms with Crippen LogP contribution >= 0.6 is 34.8 Å². The molecule has 0 aromatic heterocycles. The Morgan fingerprint density at radius 1 is 0.971 bits per heavy atom. The van der Waals surface area contributed by atoms with Gasteiger partial charge in [0.15, 0.2) is 6.61 Å². The van der Waals surface area contributed by atoms with Crippen LogP contribution in [-0.4, -0.2) is 36.5 Å². The highest BCUT2D eigenvalue weighted by molar-refractivity contribution is 6.35. The van der Waals surface area contributed by atoms with Crippen LogP contribution in [0.15, 0.2) is 66.7 Å². The largest absolute Gasteiger partial charge is 0.497 e. The quantitative estimate of drug-likeness (QED) is 0.358. The third-order valence-corrected chi connectivity index (χ3v) is 6.23. The van der Waals surface area contributed by atoms with Crippen molar-refractivity contribution < 1.29 is 19.1 Å². The number of carbonyl (C=O) groups is 2. The second-order valence-corrected chi connectivity index (χ2v) is 8.97. The maximum Gasteiger partial charge on any atom is 0.261 e. The highest BCUT2D eigenvalue weighted by Gasteiger charge is 2.27. The average molecular weight is 536 g/mol. The molecular formula is C26H25Cl3N2O4. The summed E-state index contributed by atoms with van der Waals surface area (Å²) >= 11 is 18.3. The number of rotatable bonds is 10. The number of hydrogen-bond acceptors (Lipinski definition) is 4. The fraction of sp³-hybridized carbons (Fsp3) is 0.231. The average Bonchev–Trinajstić information content (AvgIpc) is 2.86. The van der Waals surface area contributed by atoms with E-state index in [0.717, 1.165) is 5.56 Å². The number of carbonyl (C=O) groups excluding carboxylic acids is 2. The minimum Gasteiger partial charge on any atom is -0.497 e. The molecule has 0 fully saturated rings. The van der Waals surface area contributed by atoms with Crippen molar-refractivity contribution in [3.63, 3.8) is 0 Å². The van der Waals surface area contributed by atoms with E-state index in [-0.39, 0.29) is 31.5 Å². The summed E-state index contributed by atoms with van der Waals surface area (Å²) in [5.74, 6) is 0.379. The lowest BCUT2D eigenvalue weighted by Crippen LogP contribution is -2.48. The number of benzene rings is 3. The van der Waals surface area contributed by atoms with Gasteiger partial charge in [-0.15, -0.1) is 0 Å². The van der Waals surface area contributed by atoms with E-state index in [1.807, 2.05) is 12.1 Å². The number of halogens is 3. The summed E-state index contributed by atoms with van der Waals surface area (Å²) in [6.45, 7) is 1.78. The van der Waals surface area contributed by atoms with Crippen LogP contribution in [0.25, 0.3) is 0 Å². The molecule has 1 N–H and O–H groups in total. The molecule has 0 saturated carbocycles. The molecule has 2 amide bonds. The third kappa shape index (κ3) is 7.52. The van der Waals surface area contributed by atoms with Gasteiger partial charge in [-0.3, -0.25) is 9.59 Å². The molecule has 184 valence electrons. The van der Waals surface area contributed by atoms with Gasteiger partial charge in [0.1, 0.15) is 17.5 Å². The zero-order valence-electron chi connectivity index (χ0n) is 19.3. The lowest BCUT2D eigenvalue weighted by Gasteiger charge is -2.29. The predicted molar refractivity (Wildman–Crippen MR) is 138 cm³/mol. The van der Waals surface area contributed by atoms with Crippen molar-refractivity contribution in [2.75, 3.05) is 13.7 Å². The standard InChI is InChI=1S/C26H25Cl3N2O4/c1-17(26(33)30-14-19-9-10-20(27)13-23(19)29)31(15-18-7-11-21(34-2)12-8-18)25(32)16-35-24-6-4-3-5-22(24)28/h3-13,17H,14-16H2,1-2H3,(H,30,33)/t17-/m1/s1. The van der Waals surface area contributed by atoms with Gasteiger partial charge >= 0.3 is 0 Å². The van der Waals surface area contributed by atoms with Crippen molar-refractivity contribution in [1.82, 2.24) is 10.2 Å². The summed E-state index contributed by atoms with van der Waals surface area (Å²) in [4.78, 5) is 27.6. The first-order valence-electron chi connectivity index (χ1n) is 10.8. The Balaban J connectivity index is 1.73. The van der Waals surface area contributed by atoms with Crippen LogP contribution in [0.1, 0.15) is 18.1 Å². The Hall–Kier alpha value is -2.93. The molecule has 0 saturated heterocycles. The summed E-state index contributed by atoms with van der Waals surface area (Å²) < 4.78 is 10.8. The number of methoxy groups -OCH3 is 1. The molecule has 6 nitrogen and oxygen atoms in total. The Labute approximate surface area is 219 Å². The highest BCUT2D eigenvalue weighted by Crippen LogP contribution is 2.24. The second-order valence-electron chi connectivity index (χ2n) is 7.72. The molecular weight excluding hydrogens is 511 g/mol. The highest BCUT2D eigenvalue weighted by atomic mass is 35.5. The molecule has 35 heavy (non-hydrogen) atoms. The van der Waals surface area contributed by atoms with Gasteiger partial charge in [-0.2, -0.15) is 0 Å². The van der Waals surface area contributed by atoms with Gasteiger partial charge in [-0.25, -0.2) is 0 Å². The summed E-state index contributed by atoms with van der Waals surface area (Å²) in [6, 6.07) is 18.4. The van der Waals surface area contributed by atoms with E-state index in [0.29, 0.717) is 32.1 Å². The molecule has 0 aliphatic carbocycles. The molecule has 0 radical (unpaired) electrons. The van der Waals surface area contributed by atoms with E-state index in [4.69, 9.17) is 44.3 Å². The zero-order valence-corrected chi connectivity index (χ0v) is 21.5. The van der Waals surface area contributed by atoms with E-state index in [1.165, 1.54) is 4.90 Å². The first kappa shape index (κ1) is 26.7. The Morgan fingerprint density at radius 2 is 1.69 bits per heavy atom. The molecule has 3 aromatic rings. The molecule has 0 bridgehead atoms. The number of ether oxygens (including phenoxy) is 2. The summed E-state index contributed by atoms with van der Waals surface area (Å²) in [5, 5.41) is 4.19. The Morgan fingerprint density at radius 3 is 2.34 bits per heavy atom. The van der Waals surface area contributed by atoms with Crippen LogP contribution in [0.2, 0.25) is 15.1 Å². The van der Waals surface area contributed by atoms with E-state index >= 15 is 0 Å². The molecule has 0 aliphatic heterocycles. The SMILES string of the molecule is COc1ccc(CN(C(=O)COc2ccccc2Cl)[C@H](C)C(=O)NCc2ccc(Cl)cc2Cl)cc1. The lowest BCUT2D eigenvalue weighted by molar-refractivity contribution is -0.142. The van der Waals surface area contributed by atoms with Crippen molar-refractivity contribution >= 4 is 46.6 Å². The summed E-state index contributed by atoms with van der Waals surface area (Å²) in [5.41, 5.74) is 1.55. The fourth-order valence-electron chi connectivity index (χ4n) is 3.29. The fourth-order valence-corrected chi connectivity index (χ4v) is 3.96.